The summed E-state index contributed by atoms with van der Waals surface area (Å²) in [5.41, 5.74) is 2.25. The Bertz CT molecular complexity index is 521. The molecule has 0 fully saturated rings. The maximum absolute atomic E-state index is 5.79. The number of ether oxygens (including phenoxy) is 2. The summed E-state index contributed by atoms with van der Waals surface area (Å²) < 4.78 is 10.9. The van der Waals surface area contributed by atoms with Crippen molar-refractivity contribution in [2.45, 2.75) is 6.61 Å². The van der Waals surface area contributed by atoms with Crippen LogP contribution in [-0.4, -0.2) is 21.2 Å². The average molecular weight is 257 g/mol. The molecule has 0 bridgehead atoms. The quantitative estimate of drug-likeness (QED) is 0.820. The van der Waals surface area contributed by atoms with E-state index in [4.69, 9.17) is 9.47 Å². The van der Waals surface area contributed by atoms with Crippen LogP contribution in [0.3, 0.4) is 0 Å². The molecule has 0 atom stereocenters. The molecule has 0 N–H and O–H groups in total. The first kappa shape index (κ1) is 13.3. The first-order valence-corrected chi connectivity index (χ1v) is 6.22. The van der Waals surface area contributed by atoms with Gasteiger partial charge < -0.3 is 14.4 Å². The highest BCUT2D eigenvalue weighted by Gasteiger charge is 2.00. The minimum absolute atomic E-state index is 0.556. The minimum Gasteiger partial charge on any atom is -0.497 e. The summed E-state index contributed by atoms with van der Waals surface area (Å²) >= 11 is 0. The van der Waals surface area contributed by atoms with Crippen LogP contribution in [0.25, 0.3) is 0 Å². The normalized spacial score (nSPS) is 10.1. The van der Waals surface area contributed by atoms with Gasteiger partial charge in [0.1, 0.15) is 18.1 Å². The lowest BCUT2D eigenvalue weighted by molar-refractivity contribution is 0.306. The Morgan fingerprint density at radius 2 is 1.68 bits per heavy atom. The van der Waals surface area contributed by atoms with E-state index in [9.17, 15) is 0 Å². The largest absolute Gasteiger partial charge is 0.497 e. The Balaban J connectivity index is 1.99. The van der Waals surface area contributed by atoms with Gasteiger partial charge in [-0.2, -0.15) is 0 Å². The Morgan fingerprint density at radius 3 is 2.32 bits per heavy atom. The zero-order valence-electron chi connectivity index (χ0n) is 11.6. The van der Waals surface area contributed by atoms with Crippen molar-refractivity contribution < 1.29 is 9.47 Å². The third-order valence-electron chi connectivity index (χ3n) is 2.90. The van der Waals surface area contributed by atoms with E-state index in [1.807, 2.05) is 56.6 Å². The fourth-order valence-corrected chi connectivity index (χ4v) is 1.74. The van der Waals surface area contributed by atoms with Gasteiger partial charge in [0.15, 0.2) is 0 Å². The molecule has 19 heavy (non-hydrogen) atoms. The minimum atomic E-state index is 0.556. The van der Waals surface area contributed by atoms with Gasteiger partial charge in [0.05, 0.1) is 7.11 Å². The summed E-state index contributed by atoms with van der Waals surface area (Å²) in [6.07, 6.45) is 0. The molecule has 2 aromatic carbocycles. The number of benzene rings is 2. The second-order valence-electron chi connectivity index (χ2n) is 4.53. The second kappa shape index (κ2) is 6.14. The summed E-state index contributed by atoms with van der Waals surface area (Å²) in [5, 5.41) is 0. The topological polar surface area (TPSA) is 21.7 Å². The third-order valence-corrected chi connectivity index (χ3v) is 2.90. The molecule has 0 aliphatic carbocycles. The number of hydrogen-bond acceptors (Lipinski definition) is 3. The van der Waals surface area contributed by atoms with Gasteiger partial charge in [-0.15, -0.1) is 0 Å². The van der Waals surface area contributed by atoms with E-state index in [1.165, 1.54) is 0 Å². The SMILES string of the molecule is COc1ccc(COc2cccc(N(C)C)c2)cc1. The third kappa shape index (κ3) is 3.65. The van der Waals surface area contributed by atoms with Crippen molar-refractivity contribution in [3.05, 3.63) is 54.1 Å². The smallest absolute Gasteiger partial charge is 0.121 e. The summed E-state index contributed by atoms with van der Waals surface area (Å²) in [6.45, 7) is 0.556. The molecule has 0 aromatic heterocycles. The van der Waals surface area contributed by atoms with Gasteiger partial charge in [-0.3, -0.25) is 0 Å². The molecule has 3 heteroatoms. The fraction of sp³-hybridized carbons (Fsp3) is 0.250. The van der Waals surface area contributed by atoms with E-state index < -0.39 is 0 Å². The number of nitrogens with zero attached hydrogens (tertiary/aromatic N) is 1. The van der Waals surface area contributed by atoms with E-state index in [0.29, 0.717) is 6.61 Å². The van der Waals surface area contributed by atoms with Crippen LogP contribution in [0, 0.1) is 0 Å². The summed E-state index contributed by atoms with van der Waals surface area (Å²) in [5.74, 6) is 1.74. The first-order valence-electron chi connectivity index (χ1n) is 6.22. The van der Waals surface area contributed by atoms with E-state index in [2.05, 4.69) is 11.0 Å². The molecule has 0 spiro atoms. The van der Waals surface area contributed by atoms with Gasteiger partial charge in [0.25, 0.3) is 0 Å². The van der Waals surface area contributed by atoms with Crippen LogP contribution in [0.1, 0.15) is 5.56 Å². The van der Waals surface area contributed by atoms with Gasteiger partial charge in [-0.05, 0) is 29.8 Å². The zero-order valence-corrected chi connectivity index (χ0v) is 11.6. The Labute approximate surface area is 114 Å². The molecule has 0 radical (unpaired) electrons. The second-order valence-corrected chi connectivity index (χ2v) is 4.53. The van der Waals surface area contributed by atoms with Crippen molar-refractivity contribution in [3.8, 4) is 11.5 Å². The van der Waals surface area contributed by atoms with Crippen LogP contribution in [0.4, 0.5) is 5.69 Å². The molecule has 0 unspecified atom stereocenters. The maximum atomic E-state index is 5.79. The maximum Gasteiger partial charge on any atom is 0.121 e. The molecule has 2 aromatic rings. The van der Waals surface area contributed by atoms with Gasteiger partial charge >= 0.3 is 0 Å². The lowest BCUT2D eigenvalue weighted by Gasteiger charge is -2.14. The molecule has 100 valence electrons. The van der Waals surface area contributed by atoms with Crippen LogP contribution < -0.4 is 14.4 Å². The van der Waals surface area contributed by atoms with Crippen molar-refractivity contribution >= 4 is 5.69 Å². The molecule has 3 nitrogen and oxygen atoms in total. The molecular formula is C16H19NO2. The van der Waals surface area contributed by atoms with E-state index in [-0.39, 0.29) is 0 Å². The fourth-order valence-electron chi connectivity index (χ4n) is 1.74. The molecule has 0 amide bonds. The van der Waals surface area contributed by atoms with Crippen LogP contribution in [0.5, 0.6) is 11.5 Å². The molecule has 0 aliphatic heterocycles. The summed E-state index contributed by atoms with van der Waals surface area (Å²) in [4.78, 5) is 2.06. The Morgan fingerprint density at radius 1 is 0.947 bits per heavy atom. The summed E-state index contributed by atoms with van der Waals surface area (Å²) in [6, 6.07) is 16.0. The zero-order chi connectivity index (χ0) is 13.7. The van der Waals surface area contributed by atoms with E-state index in [0.717, 1.165) is 22.7 Å². The molecule has 0 heterocycles. The predicted octanol–water partition coefficient (Wildman–Crippen LogP) is 3.34. The van der Waals surface area contributed by atoms with Crippen LogP contribution in [-0.2, 0) is 6.61 Å². The highest BCUT2D eigenvalue weighted by Crippen LogP contribution is 2.20. The molecule has 0 saturated heterocycles. The van der Waals surface area contributed by atoms with Crippen molar-refractivity contribution in [3.63, 3.8) is 0 Å². The average Bonchev–Trinajstić information content (AvgIpc) is 2.46. The van der Waals surface area contributed by atoms with Gasteiger partial charge in [0, 0.05) is 25.8 Å². The van der Waals surface area contributed by atoms with Crippen LogP contribution in [0.15, 0.2) is 48.5 Å². The van der Waals surface area contributed by atoms with Crippen LogP contribution >= 0.6 is 0 Å². The van der Waals surface area contributed by atoms with Gasteiger partial charge in [0.2, 0.25) is 0 Å². The van der Waals surface area contributed by atoms with Crippen molar-refractivity contribution in [2.75, 3.05) is 26.1 Å². The lowest BCUT2D eigenvalue weighted by Crippen LogP contribution is -2.08. The summed E-state index contributed by atoms with van der Waals surface area (Å²) in [7, 11) is 5.70. The molecule has 0 saturated carbocycles. The highest BCUT2D eigenvalue weighted by molar-refractivity contribution is 5.49. The van der Waals surface area contributed by atoms with E-state index in [1.54, 1.807) is 7.11 Å². The Hall–Kier alpha value is -2.16. The standard InChI is InChI=1S/C16H19NO2/c1-17(2)14-5-4-6-16(11-14)19-12-13-7-9-15(18-3)10-8-13/h4-11H,12H2,1-3H3. The van der Waals surface area contributed by atoms with Gasteiger partial charge in [-0.1, -0.05) is 18.2 Å². The van der Waals surface area contributed by atoms with Gasteiger partial charge in [-0.25, -0.2) is 0 Å². The van der Waals surface area contributed by atoms with Crippen molar-refractivity contribution in [1.29, 1.82) is 0 Å². The molecule has 0 aliphatic rings. The van der Waals surface area contributed by atoms with Crippen molar-refractivity contribution in [2.24, 2.45) is 0 Å². The van der Waals surface area contributed by atoms with E-state index >= 15 is 0 Å². The number of rotatable bonds is 5. The molecule has 2 rings (SSSR count). The number of hydrogen-bond donors (Lipinski definition) is 0. The molecular weight excluding hydrogens is 238 g/mol. The number of methoxy groups -OCH3 is 1. The highest BCUT2D eigenvalue weighted by atomic mass is 16.5. The predicted molar refractivity (Wildman–Crippen MR) is 78.1 cm³/mol. The Kier molecular flexibility index (Phi) is 4.29. The van der Waals surface area contributed by atoms with Crippen molar-refractivity contribution in [1.82, 2.24) is 0 Å². The monoisotopic (exact) mass is 257 g/mol. The lowest BCUT2D eigenvalue weighted by atomic mass is 10.2. The van der Waals surface area contributed by atoms with Crippen LogP contribution in [0.2, 0.25) is 0 Å². The number of anilines is 1. The first-order chi connectivity index (χ1) is 9.19.